The Labute approximate surface area is 73.2 Å². The van der Waals surface area contributed by atoms with Crippen LogP contribution in [0.15, 0.2) is 11.8 Å². The molecular weight excluding hydrogens is 152 g/mol. The fourth-order valence-corrected chi connectivity index (χ4v) is 1.31. The number of carbonyl (C=O) groups is 1. The fourth-order valence-electron chi connectivity index (χ4n) is 1.31. The minimum Gasteiger partial charge on any atom is -0.388 e. The fraction of sp³-hybridized carbons (Fsp3) is 0.667. The Kier molecular flexibility index (Phi) is 3.64. The zero-order chi connectivity index (χ0) is 8.81. The molecule has 0 aromatic carbocycles. The molecule has 68 valence electrons. The first kappa shape index (κ1) is 9.10. The van der Waals surface area contributed by atoms with Crippen LogP contribution < -0.4 is 10.6 Å². The molecule has 1 rings (SSSR count). The van der Waals surface area contributed by atoms with Crippen LogP contribution in [0.5, 0.6) is 0 Å². The third-order valence-corrected chi connectivity index (χ3v) is 2.03. The van der Waals surface area contributed by atoms with Gasteiger partial charge < -0.3 is 10.6 Å². The standard InChI is InChI=1S/C9H16N2O/c1-10-9(12)7-8-5-3-2-4-6-11-8/h7,11H,2-6H2,1H3,(H,10,12). The predicted octanol–water partition coefficient (Wildman–Crippen LogP) is 0.780. The highest BCUT2D eigenvalue weighted by Crippen LogP contribution is 2.10. The highest BCUT2D eigenvalue weighted by atomic mass is 16.1. The molecule has 2 N–H and O–H groups in total. The van der Waals surface area contributed by atoms with Gasteiger partial charge in [-0.1, -0.05) is 6.42 Å². The molecule has 1 saturated heterocycles. The summed E-state index contributed by atoms with van der Waals surface area (Å²) in [7, 11) is 1.65. The van der Waals surface area contributed by atoms with Crippen LogP contribution in [0, 0.1) is 0 Å². The van der Waals surface area contributed by atoms with Gasteiger partial charge in [0.05, 0.1) is 0 Å². The lowest BCUT2D eigenvalue weighted by atomic mass is 10.2. The van der Waals surface area contributed by atoms with E-state index in [9.17, 15) is 4.79 Å². The lowest BCUT2D eigenvalue weighted by Crippen LogP contribution is -2.19. The SMILES string of the molecule is CNC(=O)C=C1CCCCCN1. The molecule has 12 heavy (non-hydrogen) atoms. The number of nitrogens with one attached hydrogen (secondary N) is 2. The van der Waals surface area contributed by atoms with Crippen molar-refractivity contribution in [3.8, 4) is 0 Å². The topological polar surface area (TPSA) is 41.1 Å². The number of hydrogen-bond acceptors (Lipinski definition) is 2. The van der Waals surface area contributed by atoms with Crippen LogP contribution >= 0.6 is 0 Å². The van der Waals surface area contributed by atoms with E-state index < -0.39 is 0 Å². The van der Waals surface area contributed by atoms with Gasteiger partial charge in [0.1, 0.15) is 0 Å². The number of rotatable bonds is 1. The summed E-state index contributed by atoms with van der Waals surface area (Å²) in [6, 6.07) is 0. The summed E-state index contributed by atoms with van der Waals surface area (Å²) in [4.78, 5) is 11.0. The molecule has 0 aliphatic carbocycles. The van der Waals surface area contributed by atoms with E-state index in [2.05, 4.69) is 10.6 Å². The van der Waals surface area contributed by atoms with E-state index in [-0.39, 0.29) is 5.91 Å². The van der Waals surface area contributed by atoms with Gasteiger partial charge >= 0.3 is 0 Å². The summed E-state index contributed by atoms with van der Waals surface area (Å²) < 4.78 is 0. The quantitative estimate of drug-likeness (QED) is 0.568. The van der Waals surface area contributed by atoms with Gasteiger partial charge in [-0.05, 0) is 19.3 Å². The van der Waals surface area contributed by atoms with E-state index in [1.54, 1.807) is 13.1 Å². The van der Waals surface area contributed by atoms with E-state index >= 15 is 0 Å². The molecule has 0 bridgehead atoms. The Morgan fingerprint density at radius 2 is 2.33 bits per heavy atom. The van der Waals surface area contributed by atoms with Crippen LogP contribution in [0.4, 0.5) is 0 Å². The number of hydrogen-bond donors (Lipinski definition) is 2. The Bertz CT molecular complexity index is 177. The smallest absolute Gasteiger partial charge is 0.245 e. The number of amides is 1. The summed E-state index contributed by atoms with van der Waals surface area (Å²) in [5.74, 6) is -0.0144. The van der Waals surface area contributed by atoms with Gasteiger partial charge in [-0.2, -0.15) is 0 Å². The van der Waals surface area contributed by atoms with Crippen molar-refractivity contribution in [2.45, 2.75) is 25.7 Å². The maximum atomic E-state index is 11.0. The van der Waals surface area contributed by atoms with Gasteiger partial charge in [0.15, 0.2) is 0 Å². The van der Waals surface area contributed by atoms with E-state index in [1.807, 2.05) is 0 Å². The minimum absolute atomic E-state index is 0.0144. The predicted molar refractivity (Wildman–Crippen MR) is 48.6 cm³/mol. The van der Waals surface area contributed by atoms with Gasteiger partial charge in [0, 0.05) is 25.4 Å². The van der Waals surface area contributed by atoms with Crippen LogP contribution in [0.3, 0.4) is 0 Å². The second-order valence-corrected chi connectivity index (χ2v) is 3.02. The number of allylic oxidation sites excluding steroid dienone is 1. The van der Waals surface area contributed by atoms with Gasteiger partial charge in [-0.3, -0.25) is 4.79 Å². The molecule has 0 unspecified atom stereocenters. The monoisotopic (exact) mass is 168 g/mol. The van der Waals surface area contributed by atoms with Gasteiger partial charge in [-0.15, -0.1) is 0 Å². The second-order valence-electron chi connectivity index (χ2n) is 3.02. The van der Waals surface area contributed by atoms with E-state index in [0.717, 1.165) is 18.7 Å². The zero-order valence-corrected chi connectivity index (χ0v) is 7.52. The Hall–Kier alpha value is -0.990. The molecule has 3 nitrogen and oxygen atoms in total. The van der Waals surface area contributed by atoms with Crippen molar-refractivity contribution in [3.63, 3.8) is 0 Å². The molecule has 1 aliphatic rings. The summed E-state index contributed by atoms with van der Waals surface area (Å²) in [6.07, 6.45) is 6.33. The summed E-state index contributed by atoms with van der Waals surface area (Å²) in [6.45, 7) is 1.00. The van der Waals surface area contributed by atoms with Crippen molar-refractivity contribution in [2.24, 2.45) is 0 Å². The van der Waals surface area contributed by atoms with E-state index in [1.165, 1.54) is 19.3 Å². The Morgan fingerprint density at radius 3 is 3.08 bits per heavy atom. The minimum atomic E-state index is -0.0144. The Morgan fingerprint density at radius 1 is 1.50 bits per heavy atom. The third-order valence-electron chi connectivity index (χ3n) is 2.03. The van der Waals surface area contributed by atoms with E-state index in [0.29, 0.717) is 0 Å². The number of likely N-dealkylation sites (N-methyl/N-ethyl adjacent to an activating group) is 1. The normalized spacial score (nSPS) is 21.2. The first-order valence-electron chi connectivity index (χ1n) is 4.49. The molecule has 1 aliphatic heterocycles. The molecule has 1 fully saturated rings. The van der Waals surface area contributed by atoms with Crippen molar-refractivity contribution in [2.75, 3.05) is 13.6 Å². The summed E-state index contributed by atoms with van der Waals surface area (Å²) >= 11 is 0. The third kappa shape index (κ3) is 2.95. The van der Waals surface area contributed by atoms with E-state index in [4.69, 9.17) is 0 Å². The van der Waals surface area contributed by atoms with Crippen LogP contribution in [0.25, 0.3) is 0 Å². The molecule has 0 aromatic heterocycles. The van der Waals surface area contributed by atoms with Gasteiger partial charge in [0.2, 0.25) is 5.91 Å². The molecule has 0 radical (unpaired) electrons. The maximum Gasteiger partial charge on any atom is 0.245 e. The molecule has 0 atom stereocenters. The second kappa shape index (κ2) is 4.80. The van der Waals surface area contributed by atoms with Crippen LogP contribution in [-0.4, -0.2) is 19.5 Å². The molecule has 0 aromatic rings. The summed E-state index contributed by atoms with van der Waals surface area (Å²) in [5, 5.41) is 5.82. The molecule has 3 heteroatoms. The average molecular weight is 168 g/mol. The van der Waals surface area contributed by atoms with Crippen LogP contribution in [0.2, 0.25) is 0 Å². The largest absolute Gasteiger partial charge is 0.388 e. The van der Waals surface area contributed by atoms with Gasteiger partial charge in [0.25, 0.3) is 0 Å². The average Bonchev–Trinajstić information content (AvgIpc) is 2.33. The number of carbonyl (C=O) groups excluding carboxylic acids is 1. The lowest BCUT2D eigenvalue weighted by molar-refractivity contribution is -0.116. The molecule has 1 heterocycles. The summed E-state index contributed by atoms with van der Waals surface area (Å²) in [5.41, 5.74) is 1.08. The Balaban J connectivity index is 2.47. The van der Waals surface area contributed by atoms with Crippen molar-refractivity contribution < 1.29 is 4.79 Å². The highest BCUT2D eigenvalue weighted by Gasteiger charge is 2.03. The molecular formula is C9H16N2O. The molecule has 0 saturated carbocycles. The molecule has 0 spiro atoms. The van der Waals surface area contributed by atoms with Crippen molar-refractivity contribution in [1.82, 2.24) is 10.6 Å². The van der Waals surface area contributed by atoms with Crippen LogP contribution in [-0.2, 0) is 4.79 Å². The first-order chi connectivity index (χ1) is 5.83. The first-order valence-corrected chi connectivity index (χ1v) is 4.49. The van der Waals surface area contributed by atoms with Crippen LogP contribution in [0.1, 0.15) is 25.7 Å². The zero-order valence-electron chi connectivity index (χ0n) is 7.52. The van der Waals surface area contributed by atoms with Crippen molar-refractivity contribution in [1.29, 1.82) is 0 Å². The highest BCUT2D eigenvalue weighted by molar-refractivity contribution is 5.87. The van der Waals surface area contributed by atoms with Gasteiger partial charge in [-0.25, -0.2) is 0 Å². The van der Waals surface area contributed by atoms with Crippen molar-refractivity contribution >= 4 is 5.91 Å². The molecule has 1 amide bonds. The van der Waals surface area contributed by atoms with Crippen molar-refractivity contribution in [3.05, 3.63) is 11.8 Å². The maximum absolute atomic E-state index is 11.0. The lowest BCUT2D eigenvalue weighted by Gasteiger charge is -2.04.